The lowest BCUT2D eigenvalue weighted by atomic mass is 10.1. The highest BCUT2D eigenvalue weighted by molar-refractivity contribution is 6.06. The van der Waals surface area contributed by atoms with E-state index in [2.05, 4.69) is 22.1 Å². The van der Waals surface area contributed by atoms with E-state index >= 15 is 0 Å². The van der Waals surface area contributed by atoms with Crippen LogP contribution in [0.15, 0.2) is 48.5 Å². The Morgan fingerprint density at radius 2 is 1.90 bits per heavy atom. The van der Waals surface area contributed by atoms with Gasteiger partial charge < -0.3 is 15.0 Å². The molecule has 2 aromatic carbocycles. The number of esters is 1. The Morgan fingerprint density at radius 3 is 2.63 bits per heavy atom. The summed E-state index contributed by atoms with van der Waals surface area (Å²) < 4.78 is 5.02. The number of nitrogens with zero attached hydrogens (tertiary/aromatic N) is 1. The summed E-state index contributed by atoms with van der Waals surface area (Å²) >= 11 is 0. The molecule has 1 aliphatic rings. The average molecular weight is 405 g/mol. The Morgan fingerprint density at radius 1 is 1.13 bits per heavy atom. The number of aryl methyl sites for hydroxylation is 2. The predicted molar refractivity (Wildman–Crippen MR) is 116 cm³/mol. The Labute approximate surface area is 176 Å². The van der Waals surface area contributed by atoms with Gasteiger partial charge in [0.25, 0.3) is 5.91 Å². The number of H-pyrrole nitrogens is 1. The van der Waals surface area contributed by atoms with Crippen LogP contribution in [-0.4, -0.2) is 47.5 Å². The summed E-state index contributed by atoms with van der Waals surface area (Å²) in [6.45, 7) is 5.29. The number of amides is 1. The number of ether oxygens (including phenoxy) is 1. The third-order valence-corrected chi connectivity index (χ3v) is 6.03. The number of likely N-dealkylation sites (tertiary alicyclic amines) is 1. The molecule has 6 nitrogen and oxygen atoms in total. The molecule has 1 saturated heterocycles. The van der Waals surface area contributed by atoms with Gasteiger partial charge in [0.2, 0.25) is 0 Å². The number of benzene rings is 2. The molecule has 4 rings (SSSR count). The topological polar surface area (TPSA) is 74.4 Å². The molecular formula is C24H27N3O3. The molecule has 156 valence electrons. The van der Waals surface area contributed by atoms with Crippen LogP contribution >= 0.6 is 0 Å². The van der Waals surface area contributed by atoms with Crippen molar-refractivity contribution < 1.29 is 14.3 Å². The first-order chi connectivity index (χ1) is 14.5. The van der Waals surface area contributed by atoms with Crippen LogP contribution in [0.2, 0.25) is 0 Å². The first-order valence-corrected chi connectivity index (χ1v) is 10.2. The maximum absolute atomic E-state index is 13.1. The summed E-state index contributed by atoms with van der Waals surface area (Å²) in [6, 6.07) is 15.3. The van der Waals surface area contributed by atoms with Gasteiger partial charge in [-0.1, -0.05) is 42.5 Å². The maximum atomic E-state index is 13.1. The van der Waals surface area contributed by atoms with Crippen LogP contribution in [0.4, 0.5) is 0 Å². The van der Waals surface area contributed by atoms with Gasteiger partial charge in [-0.25, -0.2) is 0 Å². The molecule has 3 aromatic rings. The smallest absolute Gasteiger partial charge is 0.323 e. The summed E-state index contributed by atoms with van der Waals surface area (Å²) in [4.78, 5) is 30.8. The van der Waals surface area contributed by atoms with Gasteiger partial charge in [0, 0.05) is 30.2 Å². The molecule has 30 heavy (non-hydrogen) atoms. The number of hydrogen-bond donors (Lipinski definition) is 2. The number of carbonyl (C=O) groups is 2. The molecule has 0 aliphatic carbocycles. The number of para-hydroxylation sites is 1. The SMILES string of the molecule is COC(=O)[C@@H]1C[C@@H](NC(=O)c2cccc3c(C)c(C)[nH]c23)CN1Cc1ccccc1. The second-order valence-corrected chi connectivity index (χ2v) is 7.96. The van der Waals surface area contributed by atoms with Crippen LogP contribution in [0.25, 0.3) is 10.9 Å². The minimum Gasteiger partial charge on any atom is -0.468 e. The third kappa shape index (κ3) is 3.83. The second-order valence-electron chi connectivity index (χ2n) is 7.96. The highest BCUT2D eigenvalue weighted by atomic mass is 16.5. The van der Waals surface area contributed by atoms with Gasteiger partial charge in [0.1, 0.15) is 6.04 Å². The lowest BCUT2D eigenvalue weighted by Gasteiger charge is -2.22. The zero-order valence-electron chi connectivity index (χ0n) is 17.6. The van der Waals surface area contributed by atoms with Crippen molar-refractivity contribution in [3.8, 4) is 0 Å². The normalized spacial score (nSPS) is 19.2. The summed E-state index contributed by atoms with van der Waals surface area (Å²) in [5.74, 6) is -0.391. The van der Waals surface area contributed by atoms with Crippen LogP contribution in [0.3, 0.4) is 0 Å². The van der Waals surface area contributed by atoms with E-state index in [9.17, 15) is 9.59 Å². The number of methoxy groups -OCH3 is 1. The van der Waals surface area contributed by atoms with Crippen molar-refractivity contribution in [3.05, 3.63) is 70.9 Å². The van der Waals surface area contributed by atoms with Crippen molar-refractivity contribution in [1.82, 2.24) is 15.2 Å². The van der Waals surface area contributed by atoms with Crippen molar-refractivity contribution in [2.24, 2.45) is 0 Å². The number of aromatic amines is 1. The van der Waals surface area contributed by atoms with Gasteiger partial charge >= 0.3 is 5.97 Å². The van der Waals surface area contributed by atoms with E-state index in [4.69, 9.17) is 4.74 Å². The molecule has 2 heterocycles. The zero-order valence-corrected chi connectivity index (χ0v) is 17.6. The van der Waals surface area contributed by atoms with Crippen LogP contribution in [0.5, 0.6) is 0 Å². The molecular weight excluding hydrogens is 378 g/mol. The largest absolute Gasteiger partial charge is 0.468 e. The molecule has 2 N–H and O–H groups in total. The average Bonchev–Trinajstić information content (AvgIpc) is 3.28. The van der Waals surface area contributed by atoms with Crippen LogP contribution < -0.4 is 5.32 Å². The minimum atomic E-state index is -0.369. The number of nitrogens with one attached hydrogen (secondary N) is 2. The summed E-state index contributed by atoms with van der Waals surface area (Å²) in [6.07, 6.45) is 0.532. The Bertz CT molecular complexity index is 1070. The minimum absolute atomic E-state index is 0.127. The Balaban J connectivity index is 1.52. The summed E-state index contributed by atoms with van der Waals surface area (Å²) in [5, 5.41) is 4.19. The monoisotopic (exact) mass is 405 g/mol. The van der Waals surface area contributed by atoms with Gasteiger partial charge in [0.05, 0.1) is 18.2 Å². The number of rotatable bonds is 5. The third-order valence-electron chi connectivity index (χ3n) is 6.03. The molecule has 0 radical (unpaired) electrons. The van der Waals surface area contributed by atoms with Gasteiger partial charge in [-0.3, -0.25) is 14.5 Å². The van der Waals surface area contributed by atoms with Crippen molar-refractivity contribution in [2.75, 3.05) is 13.7 Å². The van der Waals surface area contributed by atoms with Crippen molar-refractivity contribution in [2.45, 2.75) is 38.9 Å². The fourth-order valence-electron chi connectivity index (χ4n) is 4.32. The molecule has 1 aliphatic heterocycles. The Hall–Kier alpha value is -3.12. The molecule has 1 aromatic heterocycles. The number of aromatic nitrogens is 1. The van der Waals surface area contributed by atoms with E-state index in [0.29, 0.717) is 25.1 Å². The molecule has 0 spiro atoms. The van der Waals surface area contributed by atoms with Crippen molar-refractivity contribution in [1.29, 1.82) is 0 Å². The van der Waals surface area contributed by atoms with E-state index in [1.54, 1.807) is 0 Å². The molecule has 1 fully saturated rings. The van der Waals surface area contributed by atoms with Crippen molar-refractivity contribution >= 4 is 22.8 Å². The van der Waals surface area contributed by atoms with Gasteiger partial charge in [-0.15, -0.1) is 0 Å². The maximum Gasteiger partial charge on any atom is 0.323 e. The van der Waals surface area contributed by atoms with Crippen molar-refractivity contribution in [3.63, 3.8) is 0 Å². The van der Waals surface area contributed by atoms with E-state index in [0.717, 1.165) is 27.7 Å². The van der Waals surface area contributed by atoms with Gasteiger partial charge in [-0.2, -0.15) is 0 Å². The number of fused-ring (bicyclic) bond motifs is 1. The molecule has 0 bridgehead atoms. The highest BCUT2D eigenvalue weighted by Gasteiger charge is 2.38. The fraction of sp³-hybridized carbons (Fsp3) is 0.333. The standard InChI is InChI=1S/C24H27N3O3/c1-15-16(2)25-22-19(15)10-7-11-20(22)23(28)26-18-12-21(24(29)30-3)27(14-18)13-17-8-5-4-6-9-17/h4-11,18,21,25H,12-14H2,1-3H3,(H,26,28)/t18-,21+/m1/s1. The van der Waals surface area contributed by atoms with Crippen LogP contribution in [-0.2, 0) is 16.1 Å². The first kappa shape index (κ1) is 20.2. The van der Waals surface area contributed by atoms with Gasteiger partial charge in [0.15, 0.2) is 0 Å². The fourth-order valence-corrected chi connectivity index (χ4v) is 4.32. The molecule has 0 saturated carbocycles. The second kappa shape index (κ2) is 8.32. The van der Waals surface area contributed by atoms with Crippen LogP contribution in [0.1, 0.15) is 33.6 Å². The van der Waals surface area contributed by atoms with Crippen LogP contribution in [0, 0.1) is 13.8 Å². The summed E-state index contributed by atoms with van der Waals surface area (Å²) in [5.41, 5.74) is 4.82. The van der Waals surface area contributed by atoms with E-state index in [-0.39, 0.29) is 24.0 Å². The molecule has 2 atom stereocenters. The molecule has 1 amide bonds. The summed E-state index contributed by atoms with van der Waals surface area (Å²) in [7, 11) is 1.41. The predicted octanol–water partition coefficient (Wildman–Crippen LogP) is 3.33. The zero-order chi connectivity index (χ0) is 21.3. The Kier molecular flexibility index (Phi) is 5.59. The van der Waals surface area contributed by atoms with E-state index in [1.807, 2.05) is 55.5 Å². The number of hydrogen-bond acceptors (Lipinski definition) is 4. The highest BCUT2D eigenvalue weighted by Crippen LogP contribution is 2.26. The first-order valence-electron chi connectivity index (χ1n) is 10.2. The quantitative estimate of drug-likeness (QED) is 0.639. The number of carbonyl (C=O) groups excluding carboxylic acids is 2. The lowest BCUT2D eigenvalue weighted by Crippen LogP contribution is -2.37. The van der Waals surface area contributed by atoms with E-state index in [1.165, 1.54) is 7.11 Å². The lowest BCUT2D eigenvalue weighted by molar-refractivity contribution is -0.146. The molecule has 6 heteroatoms. The molecule has 0 unspecified atom stereocenters. The van der Waals surface area contributed by atoms with Gasteiger partial charge in [-0.05, 0) is 37.5 Å². The van der Waals surface area contributed by atoms with E-state index < -0.39 is 0 Å².